The predicted molar refractivity (Wildman–Crippen MR) is 62.4 cm³/mol. The highest BCUT2D eigenvalue weighted by atomic mass is 16.5. The molecule has 0 aromatic carbocycles. The van der Waals surface area contributed by atoms with E-state index in [1.807, 2.05) is 4.90 Å². The highest BCUT2D eigenvalue weighted by Gasteiger charge is 2.43. The molecule has 0 aromatic heterocycles. The summed E-state index contributed by atoms with van der Waals surface area (Å²) in [6, 6.07) is 0. The number of ether oxygens (including phenoxy) is 1. The van der Waals surface area contributed by atoms with Crippen LogP contribution in [0.5, 0.6) is 0 Å². The van der Waals surface area contributed by atoms with Crippen molar-refractivity contribution in [2.45, 2.75) is 25.7 Å². The predicted octanol–water partition coefficient (Wildman–Crippen LogP) is 0.152. The molecule has 0 saturated carbocycles. The first-order chi connectivity index (χ1) is 8.18. The Kier molecular flexibility index (Phi) is 3.66. The number of hydrogen-bond acceptors (Lipinski definition) is 3. The molecule has 0 aliphatic carbocycles. The third-order valence-corrected chi connectivity index (χ3v) is 3.93. The zero-order valence-electron chi connectivity index (χ0n) is 10.3. The first-order valence-electron chi connectivity index (χ1n) is 6.23. The molecule has 5 nitrogen and oxygen atoms in total. The molecule has 0 aromatic rings. The van der Waals surface area contributed by atoms with E-state index in [2.05, 4.69) is 5.32 Å². The van der Waals surface area contributed by atoms with E-state index in [4.69, 9.17) is 4.74 Å². The molecule has 1 spiro atoms. The monoisotopic (exact) mass is 240 g/mol. The number of nitrogens with one attached hydrogen (secondary N) is 1. The van der Waals surface area contributed by atoms with Crippen molar-refractivity contribution in [2.24, 2.45) is 5.41 Å². The van der Waals surface area contributed by atoms with E-state index < -0.39 is 0 Å². The summed E-state index contributed by atoms with van der Waals surface area (Å²) in [5, 5.41) is 2.91. The van der Waals surface area contributed by atoms with Gasteiger partial charge in [0.1, 0.15) is 6.61 Å². The lowest BCUT2D eigenvalue weighted by molar-refractivity contribution is -0.135. The Hall–Kier alpha value is -1.10. The molecule has 2 saturated heterocycles. The van der Waals surface area contributed by atoms with Gasteiger partial charge in [0.15, 0.2) is 0 Å². The number of carbonyl (C=O) groups is 2. The number of hydrogen-bond donors (Lipinski definition) is 1. The molecule has 5 heteroatoms. The lowest BCUT2D eigenvalue weighted by atomic mass is 9.79. The van der Waals surface area contributed by atoms with E-state index in [1.165, 1.54) is 7.11 Å². The highest BCUT2D eigenvalue weighted by molar-refractivity contribution is 5.85. The second-order valence-corrected chi connectivity index (χ2v) is 4.95. The number of amides is 2. The highest BCUT2D eigenvalue weighted by Crippen LogP contribution is 2.37. The van der Waals surface area contributed by atoms with Crippen molar-refractivity contribution in [1.82, 2.24) is 10.2 Å². The van der Waals surface area contributed by atoms with E-state index in [1.54, 1.807) is 0 Å². The van der Waals surface area contributed by atoms with Crippen LogP contribution in [-0.4, -0.2) is 50.1 Å². The fourth-order valence-electron chi connectivity index (χ4n) is 2.85. The van der Waals surface area contributed by atoms with Crippen LogP contribution in [0.15, 0.2) is 0 Å². The van der Waals surface area contributed by atoms with Gasteiger partial charge < -0.3 is 15.0 Å². The molecule has 2 aliphatic heterocycles. The van der Waals surface area contributed by atoms with Crippen molar-refractivity contribution < 1.29 is 14.3 Å². The molecule has 0 radical (unpaired) electrons. The summed E-state index contributed by atoms with van der Waals surface area (Å²) in [4.78, 5) is 25.4. The van der Waals surface area contributed by atoms with Gasteiger partial charge in [0.2, 0.25) is 11.8 Å². The molecule has 17 heavy (non-hydrogen) atoms. The topological polar surface area (TPSA) is 58.6 Å². The van der Waals surface area contributed by atoms with Crippen molar-refractivity contribution in [1.29, 1.82) is 0 Å². The molecule has 2 fully saturated rings. The lowest BCUT2D eigenvalue weighted by Crippen LogP contribution is -2.36. The van der Waals surface area contributed by atoms with Crippen LogP contribution in [0.3, 0.4) is 0 Å². The van der Waals surface area contributed by atoms with Gasteiger partial charge >= 0.3 is 0 Å². The number of rotatable bonds is 2. The average molecular weight is 240 g/mol. The Balaban J connectivity index is 1.98. The molecule has 0 bridgehead atoms. The molecular weight excluding hydrogens is 220 g/mol. The Bertz CT molecular complexity index is 319. The van der Waals surface area contributed by atoms with Crippen molar-refractivity contribution in [3.63, 3.8) is 0 Å². The Labute approximate surface area is 101 Å². The summed E-state index contributed by atoms with van der Waals surface area (Å²) in [5.41, 5.74) is -0.206. The maximum absolute atomic E-state index is 11.9. The standard InChI is InChI=1S/C12H20N2O3/c1-17-9-10(15)14-7-2-3-12(5-8-14)4-6-13-11(12)16/h2-9H2,1H3,(H,13,16). The summed E-state index contributed by atoms with van der Waals surface area (Å²) in [7, 11) is 1.53. The Morgan fingerprint density at radius 2 is 2.24 bits per heavy atom. The third kappa shape index (κ3) is 2.44. The van der Waals surface area contributed by atoms with Crippen molar-refractivity contribution in [2.75, 3.05) is 33.4 Å². The van der Waals surface area contributed by atoms with Crippen molar-refractivity contribution in [3.05, 3.63) is 0 Å². The molecule has 2 amide bonds. The summed E-state index contributed by atoms with van der Waals surface area (Å²) >= 11 is 0. The molecule has 1 unspecified atom stereocenters. The number of carbonyl (C=O) groups excluding carboxylic acids is 2. The zero-order valence-corrected chi connectivity index (χ0v) is 10.3. The van der Waals surface area contributed by atoms with Crippen molar-refractivity contribution in [3.8, 4) is 0 Å². The van der Waals surface area contributed by atoms with E-state index in [0.717, 1.165) is 38.8 Å². The summed E-state index contributed by atoms with van der Waals surface area (Å²) in [6.45, 7) is 2.34. The number of nitrogens with zero attached hydrogens (tertiary/aromatic N) is 1. The summed E-state index contributed by atoms with van der Waals surface area (Å²) < 4.78 is 4.87. The molecule has 2 rings (SSSR count). The molecule has 2 heterocycles. The summed E-state index contributed by atoms with van der Waals surface area (Å²) in [6.07, 6.45) is 3.50. The number of methoxy groups -OCH3 is 1. The Morgan fingerprint density at radius 3 is 2.88 bits per heavy atom. The fraction of sp³-hybridized carbons (Fsp3) is 0.833. The second kappa shape index (κ2) is 5.04. The summed E-state index contributed by atoms with van der Waals surface area (Å²) in [5.74, 6) is 0.210. The smallest absolute Gasteiger partial charge is 0.248 e. The zero-order chi connectivity index (χ0) is 12.3. The normalized spacial score (nSPS) is 29.2. The molecule has 1 atom stereocenters. The van der Waals surface area contributed by atoms with Crippen LogP contribution in [0.2, 0.25) is 0 Å². The van der Waals surface area contributed by atoms with Gasteiger partial charge in [-0.3, -0.25) is 9.59 Å². The molecule has 96 valence electrons. The fourth-order valence-corrected chi connectivity index (χ4v) is 2.85. The SMILES string of the molecule is COCC(=O)N1CCCC2(CCNC2=O)CC1. The van der Waals surface area contributed by atoms with Gasteiger partial charge in [-0.25, -0.2) is 0 Å². The van der Waals surface area contributed by atoms with Crippen molar-refractivity contribution >= 4 is 11.8 Å². The molecular formula is C12H20N2O3. The van der Waals surface area contributed by atoms with E-state index >= 15 is 0 Å². The third-order valence-electron chi connectivity index (χ3n) is 3.93. The van der Waals surface area contributed by atoms with Gasteiger partial charge in [-0.2, -0.15) is 0 Å². The minimum Gasteiger partial charge on any atom is -0.375 e. The second-order valence-electron chi connectivity index (χ2n) is 4.95. The first kappa shape index (κ1) is 12.4. The van der Waals surface area contributed by atoms with Gasteiger partial charge in [0.05, 0.1) is 5.41 Å². The van der Waals surface area contributed by atoms with Gasteiger partial charge in [-0.15, -0.1) is 0 Å². The van der Waals surface area contributed by atoms with E-state index in [9.17, 15) is 9.59 Å². The average Bonchev–Trinajstić information content (AvgIpc) is 2.53. The van der Waals surface area contributed by atoms with Crippen LogP contribution < -0.4 is 5.32 Å². The van der Waals surface area contributed by atoms with Crippen LogP contribution in [0.1, 0.15) is 25.7 Å². The van der Waals surface area contributed by atoms with E-state index in [-0.39, 0.29) is 23.8 Å². The Morgan fingerprint density at radius 1 is 1.41 bits per heavy atom. The van der Waals surface area contributed by atoms with Crippen LogP contribution >= 0.6 is 0 Å². The quantitative estimate of drug-likeness (QED) is 0.747. The number of likely N-dealkylation sites (tertiary alicyclic amines) is 1. The minimum atomic E-state index is -0.206. The minimum absolute atomic E-state index is 0.0305. The van der Waals surface area contributed by atoms with Crippen LogP contribution in [0.4, 0.5) is 0 Å². The first-order valence-corrected chi connectivity index (χ1v) is 6.23. The molecule has 2 aliphatic rings. The maximum atomic E-state index is 11.9. The molecule has 1 N–H and O–H groups in total. The maximum Gasteiger partial charge on any atom is 0.248 e. The van der Waals surface area contributed by atoms with E-state index in [0.29, 0.717) is 6.54 Å². The van der Waals surface area contributed by atoms with Crippen LogP contribution in [-0.2, 0) is 14.3 Å². The van der Waals surface area contributed by atoms with Gasteiger partial charge in [-0.1, -0.05) is 0 Å². The van der Waals surface area contributed by atoms with Crippen LogP contribution in [0.25, 0.3) is 0 Å². The van der Waals surface area contributed by atoms with Gasteiger partial charge in [-0.05, 0) is 25.7 Å². The largest absolute Gasteiger partial charge is 0.375 e. The van der Waals surface area contributed by atoms with Gasteiger partial charge in [0.25, 0.3) is 0 Å². The van der Waals surface area contributed by atoms with Gasteiger partial charge in [0, 0.05) is 26.7 Å². The lowest BCUT2D eigenvalue weighted by Gasteiger charge is -2.24. The van der Waals surface area contributed by atoms with Crippen LogP contribution in [0, 0.1) is 5.41 Å².